The Bertz CT molecular complexity index is 708. The number of hydrogen-bond acceptors (Lipinski definition) is 5. The highest BCUT2D eigenvalue weighted by Gasteiger charge is 2.46. The molecule has 0 aliphatic heterocycles. The molecule has 0 spiro atoms. The van der Waals surface area contributed by atoms with Crippen molar-refractivity contribution in [3.63, 3.8) is 0 Å². The molecule has 1 aromatic carbocycles. The summed E-state index contributed by atoms with van der Waals surface area (Å²) in [5, 5.41) is 15.3. The lowest BCUT2D eigenvalue weighted by atomic mass is 9.76. The zero-order valence-corrected chi connectivity index (χ0v) is 15.3. The van der Waals surface area contributed by atoms with Gasteiger partial charge in [-0.25, -0.2) is 9.97 Å². The van der Waals surface area contributed by atoms with Gasteiger partial charge in [0.2, 0.25) is 5.95 Å². The molecule has 3 rings (SSSR count). The zero-order chi connectivity index (χ0) is 18.4. The zero-order valence-electron chi connectivity index (χ0n) is 15.3. The summed E-state index contributed by atoms with van der Waals surface area (Å²) in [7, 11) is 1.79. The van der Waals surface area contributed by atoms with Gasteiger partial charge in [-0.1, -0.05) is 43.3 Å². The monoisotopic (exact) mass is 341 g/mol. The molecule has 1 aliphatic carbocycles. The summed E-state index contributed by atoms with van der Waals surface area (Å²) in [5.41, 5.74) is 8.61. The Kier molecular flexibility index (Phi) is 5.96. The molecule has 2 aromatic rings. The van der Waals surface area contributed by atoms with E-state index in [1.807, 2.05) is 45.0 Å². The number of benzene rings is 1. The van der Waals surface area contributed by atoms with Crippen molar-refractivity contribution in [3.05, 3.63) is 42.2 Å². The van der Waals surface area contributed by atoms with Gasteiger partial charge in [0.25, 0.3) is 0 Å². The quantitative estimate of drug-likeness (QED) is 0.334. The van der Waals surface area contributed by atoms with Gasteiger partial charge in [-0.3, -0.25) is 0 Å². The summed E-state index contributed by atoms with van der Waals surface area (Å²) in [4.78, 5) is 8.46. The van der Waals surface area contributed by atoms with Gasteiger partial charge in [0, 0.05) is 25.0 Å². The van der Waals surface area contributed by atoms with E-state index in [9.17, 15) is 0 Å². The first-order valence-electron chi connectivity index (χ1n) is 8.68. The highest BCUT2D eigenvalue weighted by atomic mass is 16.4. The second-order valence-corrected chi connectivity index (χ2v) is 6.08. The summed E-state index contributed by atoms with van der Waals surface area (Å²) in [6.45, 7) is 6.04. The lowest BCUT2D eigenvalue weighted by molar-refractivity contribution is 0.310. The van der Waals surface area contributed by atoms with Crippen LogP contribution < -0.4 is 11.1 Å². The molecule has 0 unspecified atom stereocenters. The molecule has 0 saturated heterocycles. The van der Waals surface area contributed by atoms with Crippen LogP contribution in [0.1, 0.15) is 39.2 Å². The van der Waals surface area contributed by atoms with Crippen molar-refractivity contribution in [2.24, 2.45) is 16.8 Å². The smallest absolute Gasteiger partial charge is 0.222 e. The minimum Gasteiger partial charge on any atom is -0.409 e. The standard InChI is InChI=1S/C17H21N5O.C2H6/c1-17(14-7-8-14,15(18)22-23)13-5-3-11(4-6-13)12-9-20-16(19-2)21-10-12;1-2/h3-6,9-10,14,23H,7-8H2,1-2H3,(H2,18,22)(H,19,20,21);1-2H3/t17-;/m0./s1. The van der Waals surface area contributed by atoms with Crippen LogP contribution in [0.4, 0.5) is 5.95 Å². The van der Waals surface area contributed by atoms with Crippen molar-refractivity contribution in [2.75, 3.05) is 12.4 Å². The molecule has 134 valence electrons. The maximum atomic E-state index is 9.13. The fourth-order valence-corrected chi connectivity index (χ4v) is 2.97. The molecule has 1 atom stereocenters. The minimum absolute atomic E-state index is 0.273. The predicted molar refractivity (Wildman–Crippen MR) is 102 cm³/mol. The largest absolute Gasteiger partial charge is 0.409 e. The second kappa shape index (κ2) is 7.96. The Balaban J connectivity index is 0.00000109. The van der Waals surface area contributed by atoms with E-state index in [1.165, 1.54) is 0 Å². The minimum atomic E-state index is -0.417. The van der Waals surface area contributed by atoms with Crippen LogP contribution in [-0.4, -0.2) is 28.1 Å². The molecule has 0 amide bonds. The normalized spacial score (nSPS) is 16.4. The SMILES string of the molecule is CC.CNc1ncc(-c2ccc([C@](C)(/C(N)=N/O)C3CC3)cc2)cn1. The van der Waals surface area contributed by atoms with Gasteiger partial charge >= 0.3 is 0 Å². The van der Waals surface area contributed by atoms with E-state index >= 15 is 0 Å². The molecule has 6 nitrogen and oxygen atoms in total. The molecular formula is C19H27N5O. The van der Waals surface area contributed by atoms with Gasteiger partial charge in [-0.05, 0) is 36.8 Å². The van der Waals surface area contributed by atoms with Crippen LogP contribution in [0.25, 0.3) is 11.1 Å². The molecule has 25 heavy (non-hydrogen) atoms. The first-order chi connectivity index (χ1) is 12.1. The summed E-state index contributed by atoms with van der Waals surface area (Å²) >= 11 is 0. The van der Waals surface area contributed by atoms with Crippen LogP contribution >= 0.6 is 0 Å². The number of hydrogen-bond donors (Lipinski definition) is 3. The Labute approximate surface area is 149 Å². The predicted octanol–water partition coefficient (Wildman–Crippen LogP) is 3.63. The van der Waals surface area contributed by atoms with Crippen molar-refractivity contribution in [2.45, 2.75) is 39.0 Å². The average molecular weight is 341 g/mol. The number of nitrogens with zero attached hydrogens (tertiary/aromatic N) is 3. The Hall–Kier alpha value is -2.63. The number of oxime groups is 1. The van der Waals surface area contributed by atoms with Crippen molar-refractivity contribution in [1.29, 1.82) is 0 Å². The van der Waals surface area contributed by atoms with Gasteiger partial charge in [0.05, 0.1) is 5.41 Å². The summed E-state index contributed by atoms with van der Waals surface area (Å²) in [6, 6.07) is 8.13. The topological polar surface area (TPSA) is 96.4 Å². The lowest BCUT2D eigenvalue weighted by Gasteiger charge is -2.29. The Morgan fingerprint density at radius 3 is 2.16 bits per heavy atom. The molecule has 1 fully saturated rings. The van der Waals surface area contributed by atoms with Crippen LogP contribution in [-0.2, 0) is 5.41 Å². The molecular weight excluding hydrogens is 314 g/mol. The van der Waals surface area contributed by atoms with E-state index in [-0.39, 0.29) is 5.84 Å². The number of nitrogens with one attached hydrogen (secondary N) is 1. The average Bonchev–Trinajstić information content (AvgIpc) is 3.54. The first kappa shape index (κ1) is 18.7. The molecule has 0 bridgehead atoms. The fourth-order valence-electron chi connectivity index (χ4n) is 2.97. The van der Waals surface area contributed by atoms with Gasteiger partial charge in [0.15, 0.2) is 0 Å². The lowest BCUT2D eigenvalue weighted by Crippen LogP contribution is -2.40. The van der Waals surface area contributed by atoms with E-state index < -0.39 is 5.41 Å². The van der Waals surface area contributed by atoms with Crippen LogP contribution in [0.3, 0.4) is 0 Å². The molecule has 6 heteroatoms. The molecule has 0 radical (unpaired) electrons. The number of rotatable bonds is 5. The van der Waals surface area contributed by atoms with Crippen LogP contribution in [0.5, 0.6) is 0 Å². The molecule has 1 heterocycles. The number of nitrogens with two attached hydrogens (primary N) is 1. The number of anilines is 1. The van der Waals surface area contributed by atoms with Gasteiger partial charge < -0.3 is 16.3 Å². The Morgan fingerprint density at radius 1 is 1.16 bits per heavy atom. The highest BCUT2D eigenvalue weighted by molar-refractivity contribution is 5.91. The third-order valence-corrected chi connectivity index (χ3v) is 4.73. The van der Waals surface area contributed by atoms with Crippen molar-refractivity contribution >= 4 is 11.8 Å². The van der Waals surface area contributed by atoms with E-state index in [1.54, 1.807) is 19.4 Å². The summed E-state index contributed by atoms with van der Waals surface area (Å²) in [6.07, 6.45) is 5.79. The molecule has 1 aliphatic rings. The molecule has 1 saturated carbocycles. The van der Waals surface area contributed by atoms with Crippen LogP contribution in [0, 0.1) is 5.92 Å². The maximum absolute atomic E-state index is 9.13. The van der Waals surface area contributed by atoms with E-state index in [0.717, 1.165) is 29.5 Å². The first-order valence-corrected chi connectivity index (χ1v) is 8.68. The van der Waals surface area contributed by atoms with E-state index in [4.69, 9.17) is 10.9 Å². The van der Waals surface area contributed by atoms with Crippen LogP contribution in [0.15, 0.2) is 41.8 Å². The third kappa shape index (κ3) is 3.73. The van der Waals surface area contributed by atoms with Gasteiger partial charge in [0.1, 0.15) is 5.84 Å². The highest BCUT2D eigenvalue weighted by Crippen LogP contribution is 2.47. The van der Waals surface area contributed by atoms with Gasteiger partial charge in [-0.15, -0.1) is 0 Å². The Morgan fingerprint density at radius 2 is 1.72 bits per heavy atom. The molecule has 1 aromatic heterocycles. The maximum Gasteiger partial charge on any atom is 0.222 e. The van der Waals surface area contributed by atoms with Crippen molar-refractivity contribution < 1.29 is 5.21 Å². The van der Waals surface area contributed by atoms with Crippen molar-refractivity contribution in [3.8, 4) is 11.1 Å². The third-order valence-electron chi connectivity index (χ3n) is 4.73. The van der Waals surface area contributed by atoms with E-state index in [2.05, 4.69) is 20.4 Å². The fraction of sp³-hybridized carbons (Fsp3) is 0.421. The second-order valence-electron chi connectivity index (χ2n) is 6.08. The van der Waals surface area contributed by atoms with Gasteiger partial charge in [-0.2, -0.15) is 0 Å². The number of amidine groups is 1. The number of aromatic nitrogens is 2. The molecule has 4 N–H and O–H groups in total. The van der Waals surface area contributed by atoms with Crippen molar-refractivity contribution in [1.82, 2.24) is 9.97 Å². The van der Waals surface area contributed by atoms with E-state index in [0.29, 0.717) is 11.9 Å². The summed E-state index contributed by atoms with van der Waals surface area (Å²) in [5.74, 6) is 1.30. The summed E-state index contributed by atoms with van der Waals surface area (Å²) < 4.78 is 0. The van der Waals surface area contributed by atoms with Crippen LogP contribution in [0.2, 0.25) is 0 Å².